The lowest BCUT2D eigenvalue weighted by Gasteiger charge is -2.31. The van der Waals surface area contributed by atoms with Crippen LogP contribution >= 0.6 is 0 Å². The second kappa shape index (κ2) is 27.8. The molecule has 21 nitrogen and oxygen atoms in total. The summed E-state index contributed by atoms with van der Waals surface area (Å²) in [6.45, 7) is 14.0. The topological polar surface area (TPSA) is 265 Å². The molecule has 1 atom stereocenters. The summed E-state index contributed by atoms with van der Waals surface area (Å²) in [5.74, 6) is -4.13. The highest BCUT2D eigenvalue weighted by Crippen LogP contribution is 2.41. The smallest absolute Gasteiger partial charge is 0.328 e. The summed E-state index contributed by atoms with van der Waals surface area (Å²) in [5.41, 5.74) is 9.28. The highest BCUT2D eigenvalue weighted by atomic mass is 32.2. The molecule has 7 N–H and O–H groups in total. The fraction of sp³-hybridized carbons (Fsp3) is 0.288. The lowest BCUT2D eigenvalue weighted by Crippen LogP contribution is -2.43. The van der Waals surface area contributed by atoms with Crippen LogP contribution in [0.3, 0.4) is 0 Å². The number of imidazole rings is 2. The number of aryl methyl sites for hydroxylation is 4. The summed E-state index contributed by atoms with van der Waals surface area (Å²) in [7, 11) is -1.68. The van der Waals surface area contributed by atoms with Crippen LogP contribution in [0.2, 0.25) is 0 Å². The molecule has 0 spiro atoms. The highest BCUT2D eigenvalue weighted by molar-refractivity contribution is 7.84. The number of rotatable bonds is 17. The number of nitrogens with one attached hydrogen (secondary N) is 5. The summed E-state index contributed by atoms with van der Waals surface area (Å²) in [5, 5.41) is 14.1. The van der Waals surface area contributed by atoms with E-state index in [1.165, 1.54) is 18.4 Å². The van der Waals surface area contributed by atoms with E-state index >= 15 is 0 Å². The number of benzene rings is 4. The number of amides is 6. The number of nitrogens with zero attached hydrogens (tertiary/aromatic N) is 10. The van der Waals surface area contributed by atoms with Crippen LogP contribution in [-0.2, 0) is 37.0 Å². The summed E-state index contributed by atoms with van der Waals surface area (Å²) in [6.07, 6.45) is 13.9. The second-order valence-corrected chi connectivity index (χ2v) is 21.6. The normalized spacial score (nSPS) is 12.9. The van der Waals surface area contributed by atoms with Crippen LogP contribution in [0.1, 0.15) is 83.5 Å². The van der Waals surface area contributed by atoms with Gasteiger partial charge in [0.2, 0.25) is 11.1 Å². The van der Waals surface area contributed by atoms with Crippen molar-refractivity contribution in [2.75, 3.05) is 34.5 Å². The predicted molar refractivity (Wildman–Crippen MR) is 315 cm³/mol. The molecule has 6 amide bonds. The van der Waals surface area contributed by atoms with E-state index in [-0.39, 0.29) is 59.7 Å². The lowest BCUT2D eigenvalue weighted by atomic mass is 9.97. The zero-order chi connectivity index (χ0) is 61.1. The van der Waals surface area contributed by atoms with E-state index in [4.69, 9.17) is 10.7 Å². The number of carbonyl (C=O) groups is 4. The zero-order valence-corrected chi connectivity index (χ0v) is 48.5. The molecule has 0 aliphatic carbocycles. The van der Waals surface area contributed by atoms with E-state index in [0.29, 0.717) is 64.3 Å². The van der Waals surface area contributed by atoms with Crippen LogP contribution in [0.5, 0.6) is 0 Å². The molecule has 8 aromatic rings. The van der Waals surface area contributed by atoms with Gasteiger partial charge in [-0.2, -0.15) is 4.98 Å². The number of hydrogen-bond acceptors (Lipinski definition) is 13. The Balaban J connectivity index is 0.000000194. The van der Waals surface area contributed by atoms with Gasteiger partial charge < -0.3 is 41.5 Å². The van der Waals surface area contributed by atoms with Gasteiger partial charge in [0, 0.05) is 96.1 Å². The lowest BCUT2D eigenvalue weighted by molar-refractivity contribution is 0.0934. The maximum Gasteiger partial charge on any atom is 0.328 e. The number of para-hydroxylation sites is 2. The highest BCUT2D eigenvalue weighted by Gasteiger charge is 2.36. The molecule has 0 saturated heterocycles. The third-order valence-electron chi connectivity index (χ3n) is 13.2. The van der Waals surface area contributed by atoms with Crippen molar-refractivity contribution in [2.24, 2.45) is 5.73 Å². The molecule has 6 heterocycles. The van der Waals surface area contributed by atoms with Crippen molar-refractivity contribution in [3.63, 3.8) is 0 Å². The first-order valence-electron chi connectivity index (χ1n) is 27.1. The zero-order valence-electron chi connectivity index (χ0n) is 47.7. The first kappa shape index (κ1) is 61.6. The van der Waals surface area contributed by atoms with Crippen molar-refractivity contribution in [1.29, 1.82) is 0 Å². The maximum absolute atomic E-state index is 14.9. The average molecular weight is 1190 g/mol. The van der Waals surface area contributed by atoms with Gasteiger partial charge in [0.25, 0.3) is 11.8 Å². The Kier molecular flexibility index (Phi) is 20.1. The molecule has 0 fully saturated rings. The number of aromatic nitrogens is 8. The molecule has 4 aromatic carbocycles. The van der Waals surface area contributed by atoms with E-state index in [1.807, 2.05) is 69.1 Å². The Hall–Kier alpha value is -9.43. The van der Waals surface area contributed by atoms with Crippen molar-refractivity contribution in [2.45, 2.75) is 97.8 Å². The number of halogens is 4. The van der Waals surface area contributed by atoms with E-state index < -0.39 is 57.5 Å². The Morgan fingerprint density at radius 1 is 0.647 bits per heavy atom. The third-order valence-corrected chi connectivity index (χ3v) is 13.9. The summed E-state index contributed by atoms with van der Waals surface area (Å²) < 4.78 is 75.6. The summed E-state index contributed by atoms with van der Waals surface area (Å²) in [6, 6.07) is 15.3. The molecular weight excluding hydrogens is 1120 g/mol. The Morgan fingerprint density at radius 3 is 1.52 bits per heavy atom. The number of urea groups is 2. The standard InChI is InChI=1S/C29H30F2N8O2.C24H23F2N5O3S.C6H11N3/c1-17(2)35-27(40)19-9-8-18(3)20(14-19)24-21-15-34-29(41)39(25-22(30)6-4-7-23(25)31)26(21)37-28(36-24)33-10-5-12-38-13-11-32-16-38;1-12(2)28-22(32)14-9-8-13(3)15(10-14)19-16-11-27-24(33)31(20-17(25)6-5-7-18(20)26)21(16)30-23(29-19)35(4)34;7-2-1-4-9-5-3-8-6-9/h4,6-9,11,13-14,16-17H,5,10,12,15H2,1-3H3,(H,34,41)(H,35,40)(H,33,36,37);5-10,12H,11H2,1-4H3,(H,27,33)(H,28,32);3,5-6H,1-2,4,7H2. The van der Waals surface area contributed by atoms with Crippen LogP contribution in [0.25, 0.3) is 22.5 Å². The molecule has 85 heavy (non-hydrogen) atoms. The minimum Gasteiger partial charge on any atom is -0.354 e. The van der Waals surface area contributed by atoms with Crippen molar-refractivity contribution in [3.8, 4) is 22.5 Å². The molecule has 10 rings (SSSR count). The molecule has 0 radical (unpaired) electrons. The van der Waals surface area contributed by atoms with Crippen molar-refractivity contribution >= 4 is 63.6 Å². The van der Waals surface area contributed by atoms with Gasteiger partial charge in [-0.3, -0.25) is 13.8 Å². The largest absolute Gasteiger partial charge is 0.354 e. The van der Waals surface area contributed by atoms with Crippen LogP contribution in [0.4, 0.5) is 56.1 Å². The van der Waals surface area contributed by atoms with Gasteiger partial charge in [-0.05, 0) is 121 Å². The van der Waals surface area contributed by atoms with E-state index in [1.54, 1.807) is 55.4 Å². The quantitative estimate of drug-likeness (QED) is 0.0283. The van der Waals surface area contributed by atoms with Gasteiger partial charge in [0.1, 0.15) is 34.6 Å². The minimum absolute atomic E-state index is 0.0266. The molecule has 4 aromatic heterocycles. The monoisotopic (exact) mass is 1180 g/mol. The first-order chi connectivity index (χ1) is 40.7. The van der Waals surface area contributed by atoms with E-state index in [0.717, 1.165) is 64.7 Å². The van der Waals surface area contributed by atoms with Gasteiger partial charge in [-0.1, -0.05) is 24.3 Å². The van der Waals surface area contributed by atoms with Crippen LogP contribution in [-0.4, -0.2) is 98.6 Å². The van der Waals surface area contributed by atoms with Gasteiger partial charge >= 0.3 is 12.1 Å². The van der Waals surface area contributed by atoms with Crippen LogP contribution in [0.15, 0.2) is 115 Å². The third kappa shape index (κ3) is 14.7. The first-order valence-corrected chi connectivity index (χ1v) is 28.7. The SMILES string of the molecule is Cc1ccc(C(=O)NC(C)C)cc1-c1nc(NCCCn2ccnc2)nc2c1CNC(=O)N2c1c(F)cccc1F.Cc1ccc(C(=O)NC(C)C)cc1-c1nc(S(C)=O)nc2c1CNC(=O)N2c1c(F)cccc1F.NCCCn1ccnc1. The number of fused-ring (bicyclic) bond motifs is 2. The van der Waals surface area contributed by atoms with Gasteiger partial charge in [-0.15, -0.1) is 0 Å². The fourth-order valence-corrected chi connectivity index (χ4v) is 9.51. The minimum atomic E-state index is -1.68. The number of carbonyl (C=O) groups excluding carboxylic acids is 4. The maximum atomic E-state index is 14.9. The number of nitrogens with two attached hydrogens (primary N) is 1. The molecule has 2 aliphatic rings. The average Bonchev–Trinajstić information content (AvgIpc) is 1.30. The van der Waals surface area contributed by atoms with Crippen molar-refractivity contribution in [1.82, 2.24) is 60.3 Å². The van der Waals surface area contributed by atoms with Crippen LogP contribution in [0, 0.1) is 37.1 Å². The van der Waals surface area contributed by atoms with Gasteiger partial charge in [-0.25, -0.2) is 61.9 Å². The number of anilines is 5. The Labute approximate surface area is 490 Å². The van der Waals surface area contributed by atoms with Crippen molar-refractivity contribution in [3.05, 3.63) is 167 Å². The Morgan fingerprint density at radius 2 is 1.09 bits per heavy atom. The summed E-state index contributed by atoms with van der Waals surface area (Å²) in [4.78, 5) is 79.0. The molecule has 444 valence electrons. The number of hydrogen-bond donors (Lipinski definition) is 6. The fourth-order valence-electron chi connectivity index (χ4n) is 9.07. The van der Waals surface area contributed by atoms with E-state index in [2.05, 4.69) is 51.5 Å². The van der Waals surface area contributed by atoms with Crippen LogP contribution < -0.4 is 42.1 Å². The summed E-state index contributed by atoms with van der Waals surface area (Å²) >= 11 is 0. The van der Waals surface area contributed by atoms with E-state index in [9.17, 15) is 40.9 Å². The van der Waals surface area contributed by atoms with Gasteiger partial charge in [0.15, 0.2) is 11.6 Å². The molecular formula is C59H64F4N16O5S. The second-order valence-electron chi connectivity index (χ2n) is 20.3. The predicted octanol–water partition coefficient (Wildman–Crippen LogP) is 9.13. The van der Waals surface area contributed by atoms with Gasteiger partial charge in [0.05, 0.1) is 47.9 Å². The molecule has 0 bridgehead atoms. The molecule has 1 unspecified atom stereocenters. The molecule has 0 saturated carbocycles. The molecule has 26 heteroatoms. The van der Waals surface area contributed by atoms with Crippen molar-refractivity contribution < 1.29 is 40.9 Å². The Bertz CT molecular complexity index is 3720. The molecule has 2 aliphatic heterocycles.